The van der Waals surface area contributed by atoms with Gasteiger partial charge in [0.2, 0.25) is 0 Å². The van der Waals surface area contributed by atoms with Gasteiger partial charge in [-0.05, 0) is 43.7 Å². The second kappa shape index (κ2) is 11.2. The largest absolute Gasteiger partial charge is 0.493 e. The van der Waals surface area contributed by atoms with Gasteiger partial charge in [0.15, 0.2) is 23.8 Å². The zero-order chi connectivity index (χ0) is 25.6. The predicted molar refractivity (Wildman–Crippen MR) is 118 cm³/mol. The number of hydrogen-bond donors (Lipinski definition) is 1. The fraction of sp³-hybridized carbons (Fsp3) is 0.455. The number of morpholine rings is 1. The minimum absolute atomic E-state index is 0.0480. The van der Waals surface area contributed by atoms with Crippen LogP contribution in [0.15, 0.2) is 35.6 Å². The number of amides is 2. The van der Waals surface area contributed by atoms with E-state index in [1.54, 1.807) is 23.1 Å². The molecule has 2 unspecified atom stereocenters. The maximum absolute atomic E-state index is 12.6. The Morgan fingerprint density at radius 3 is 2.57 bits per heavy atom. The number of halogens is 3. The SMILES string of the molecule is COc1cc(/C=N/NC(=O)Cn2ccc(C(F)(F)F)n2)ccc1OCC(=O)N1CC(C)OC(C)C1. The Morgan fingerprint density at radius 1 is 1.23 bits per heavy atom. The van der Waals surface area contributed by atoms with E-state index in [9.17, 15) is 22.8 Å². The van der Waals surface area contributed by atoms with Gasteiger partial charge in [0.05, 0.1) is 25.5 Å². The highest BCUT2D eigenvalue weighted by Crippen LogP contribution is 2.28. The van der Waals surface area contributed by atoms with Crippen molar-refractivity contribution < 1.29 is 37.0 Å². The van der Waals surface area contributed by atoms with Crippen LogP contribution in [0.5, 0.6) is 11.5 Å². The molecule has 2 heterocycles. The number of ether oxygens (including phenoxy) is 3. The summed E-state index contributed by atoms with van der Waals surface area (Å²) in [5.74, 6) is -0.110. The number of rotatable bonds is 8. The van der Waals surface area contributed by atoms with E-state index < -0.39 is 24.3 Å². The highest BCUT2D eigenvalue weighted by Gasteiger charge is 2.33. The smallest absolute Gasteiger partial charge is 0.435 e. The second-order valence-electron chi connectivity index (χ2n) is 7.94. The molecule has 190 valence electrons. The van der Waals surface area contributed by atoms with E-state index in [0.29, 0.717) is 30.2 Å². The third-order valence-electron chi connectivity index (χ3n) is 4.95. The van der Waals surface area contributed by atoms with Crippen molar-refractivity contribution in [3.8, 4) is 11.5 Å². The van der Waals surface area contributed by atoms with Gasteiger partial charge in [-0.2, -0.15) is 23.4 Å². The molecule has 35 heavy (non-hydrogen) atoms. The van der Waals surface area contributed by atoms with Crippen molar-refractivity contribution in [2.75, 3.05) is 26.8 Å². The Kier molecular flexibility index (Phi) is 8.33. The van der Waals surface area contributed by atoms with Crippen molar-refractivity contribution >= 4 is 18.0 Å². The zero-order valence-electron chi connectivity index (χ0n) is 19.4. The predicted octanol–water partition coefficient (Wildman–Crippen LogP) is 2.08. The zero-order valence-corrected chi connectivity index (χ0v) is 19.4. The number of aromatic nitrogens is 2. The molecule has 1 N–H and O–H groups in total. The number of carbonyl (C=O) groups is 2. The van der Waals surface area contributed by atoms with Crippen LogP contribution in [0.25, 0.3) is 0 Å². The molecule has 1 aliphatic rings. The molecule has 1 aromatic carbocycles. The minimum Gasteiger partial charge on any atom is -0.493 e. The number of hydrazone groups is 1. The lowest BCUT2D eigenvalue weighted by molar-refractivity contribution is -0.145. The third-order valence-corrected chi connectivity index (χ3v) is 4.95. The van der Waals surface area contributed by atoms with Crippen LogP contribution in [0.4, 0.5) is 13.2 Å². The number of carbonyl (C=O) groups excluding carboxylic acids is 2. The first-order valence-corrected chi connectivity index (χ1v) is 10.7. The van der Waals surface area contributed by atoms with Gasteiger partial charge in [-0.25, -0.2) is 5.43 Å². The number of hydrogen-bond acceptors (Lipinski definition) is 7. The average molecular weight is 497 g/mol. The summed E-state index contributed by atoms with van der Waals surface area (Å²) >= 11 is 0. The molecule has 0 bridgehead atoms. The topological polar surface area (TPSA) is 107 Å². The van der Waals surface area contributed by atoms with Gasteiger partial charge in [-0.15, -0.1) is 0 Å². The van der Waals surface area contributed by atoms with Crippen LogP contribution in [-0.4, -0.2) is 71.7 Å². The van der Waals surface area contributed by atoms with Crippen molar-refractivity contribution in [3.05, 3.63) is 41.7 Å². The lowest BCUT2D eigenvalue weighted by Gasteiger charge is -2.35. The molecule has 1 aromatic heterocycles. The van der Waals surface area contributed by atoms with E-state index in [0.717, 1.165) is 16.9 Å². The van der Waals surface area contributed by atoms with E-state index in [-0.39, 0.29) is 24.7 Å². The average Bonchev–Trinajstić information content (AvgIpc) is 3.26. The first-order chi connectivity index (χ1) is 16.5. The quantitative estimate of drug-likeness (QED) is 0.442. The number of methoxy groups -OCH3 is 1. The Balaban J connectivity index is 1.52. The maximum atomic E-state index is 12.6. The van der Waals surface area contributed by atoms with Gasteiger partial charge in [-0.1, -0.05) is 0 Å². The molecule has 13 heteroatoms. The molecular formula is C22H26F3N5O5. The Hall–Kier alpha value is -3.61. The van der Waals surface area contributed by atoms with Crippen LogP contribution >= 0.6 is 0 Å². The van der Waals surface area contributed by atoms with Gasteiger partial charge in [-0.3, -0.25) is 14.3 Å². The Labute approximate surface area is 199 Å². The van der Waals surface area contributed by atoms with E-state index >= 15 is 0 Å². The van der Waals surface area contributed by atoms with Crippen molar-refractivity contribution in [1.82, 2.24) is 20.1 Å². The van der Waals surface area contributed by atoms with Gasteiger partial charge in [0.25, 0.3) is 11.8 Å². The summed E-state index contributed by atoms with van der Waals surface area (Å²) in [4.78, 5) is 26.1. The molecule has 2 aromatic rings. The molecule has 0 aliphatic carbocycles. The van der Waals surface area contributed by atoms with E-state index in [1.807, 2.05) is 13.8 Å². The molecule has 3 rings (SSSR count). The van der Waals surface area contributed by atoms with Crippen LogP contribution < -0.4 is 14.9 Å². The molecule has 0 saturated carbocycles. The molecule has 2 atom stereocenters. The summed E-state index contributed by atoms with van der Waals surface area (Å²) in [6.45, 7) is 4.21. The van der Waals surface area contributed by atoms with Crippen molar-refractivity contribution in [2.45, 2.75) is 38.8 Å². The molecule has 1 saturated heterocycles. The van der Waals surface area contributed by atoms with Gasteiger partial charge < -0.3 is 19.1 Å². The maximum Gasteiger partial charge on any atom is 0.435 e. The molecular weight excluding hydrogens is 471 g/mol. The van der Waals surface area contributed by atoms with Gasteiger partial charge in [0, 0.05) is 19.3 Å². The Morgan fingerprint density at radius 2 is 1.94 bits per heavy atom. The summed E-state index contributed by atoms with van der Waals surface area (Å²) in [6, 6.07) is 5.61. The fourth-order valence-electron chi connectivity index (χ4n) is 3.46. The first kappa shape index (κ1) is 26.0. The monoisotopic (exact) mass is 497 g/mol. The molecule has 1 aliphatic heterocycles. The van der Waals surface area contributed by atoms with Crippen molar-refractivity contribution in [2.24, 2.45) is 5.10 Å². The summed E-state index contributed by atoms with van der Waals surface area (Å²) in [6.07, 6.45) is -2.29. The van der Waals surface area contributed by atoms with Crippen LogP contribution in [0.2, 0.25) is 0 Å². The summed E-state index contributed by atoms with van der Waals surface area (Å²) in [5.41, 5.74) is 1.69. The molecule has 0 radical (unpaired) electrons. The van der Waals surface area contributed by atoms with E-state index in [4.69, 9.17) is 14.2 Å². The van der Waals surface area contributed by atoms with E-state index in [2.05, 4.69) is 15.6 Å². The van der Waals surface area contributed by atoms with Crippen LogP contribution in [0, 0.1) is 0 Å². The van der Waals surface area contributed by atoms with Gasteiger partial charge in [0.1, 0.15) is 6.54 Å². The lowest BCUT2D eigenvalue weighted by Crippen LogP contribution is -2.49. The van der Waals surface area contributed by atoms with Crippen LogP contribution in [0.1, 0.15) is 25.1 Å². The normalized spacial score (nSPS) is 18.5. The molecule has 10 nitrogen and oxygen atoms in total. The highest BCUT2D eigenvalue weighted by atomic mass is 19.4. The number of benzene rings is 1. The van der Waals surface area contributed by atoms with Crippen LogP contribution in [-0.2, 0) is 27.0 Å². The summed E-state index contributed by atoms with van der Waals surface area (Å²) < 4.78 is 55.2. The molecule has 1 fully saturated rings. The van der Waals surface area contributed by atoms with E-state index in [1.165, 1.54) is 13.3 Å². The third kappa shape index (κ3) is 7.44. The standard InChI is InChI=1S/C22H26F3N5O5/c1-14-10-29(11-15(2)35-14)21(32)13-34-17-5-4-16(8-18(17)33-3)9-26-27-20(31)12-30-7-6-19(28-30)22(23,24)25/h4-9,14-15H,10-13H2,1-3H3,(H,27,31)/b26-9+. The highest BCUT2D eigenvalue weighted by molar-refractivity contribution is 5.83. The fourth-order valence-corrected chi connectivity index (χ4v) is 3.46. The van der Waals surface area contributed by atoms with Crippen LogP contribution in [0.3, 0.4) is 0 Å². The van der Waals surface area contributed by atoms with Crippen molar-refractivity contribution in [1.29, 1.82) is 0 Å². The minimum atomic E-state index is -4.58. The number of nitrogens with zero attached hydrogens (tertiary/aromatic N) is 4. The first-order valence-electron chi connectivity index (χ1n) is 10.7. The van der Waals surface area contributed by atoms with Gasteiger partial charge >= 0.3 is 6.18 Å². The lowest BCUT2D eigenvalue weighted by atomic mass is 10.2. The summed E-state index contributed by atoms with van der Waals surface area (Å²) in [5, 5.41) is 7.09. The second-order valence-corrected chi connectivity index (χ2v) is 7.94. The number of nitrogens with one attached hydrogen (secondary N) is 1. The molecule has 0 spiro atoms. The Bertz CT molecular complexity index is 1060. The summed E-state index contributed by atoms with van der Waals surface area (Å²) in [7, 11) is 1.44. The number of alkyl halides is 3. The molecule has 2 amide bonds. The van der Waals surface area contributed by atoms with Crippen molar-refractivity contribution in [3.63, 3.8) is 0 Å².